The van der Waals surface area contributed by atoms with Gasteiger partial charge in [0.1, 0.15) is 5.75 Å². The lowest BCUT2D eigenvalue weighted by Gasteiger charge is -2.38. The van der Waals surface area contributed by atoms with Gasteiger partial charge in [0.25, 0.3) is 0 Å². The molecule has 25 heavy (non-hydrogen) atoms. The van der Waals surface area contributed by atoms with Crippen molar-refractivity contribution in [1.82, 2.24) is 0 Å². The number of ether oxygens (including phenoxy) is 1. The lowest BCUT2D eigenvalue weighted by Crippen LogP contribution is -2.38. The minimum atomic E-state index is -3.35. The average Bonchev–Trinajstić information content (AvgIpc) is 2.59. The van der Waals surface area contributed by atoms with Crippen molar-refractivity contribution in [2.45, 2.75) is 64.4 Å². The summed E-state index contributed by atoms with van der Waals surface area (Å²) in [6, 6.07) is 2.53. The second-order valence-electron chi connectivity index (χ2n) is 7.87. The molecule has 0 amide bonds. The van der Waals surface area contributed by atoms with E-state index in [0.717, 1.165) is 30.9 Å². The Balaban J connectivity index is 0.00000243. The van der Waals surface area contributed by atoms with Crippen molar-refractivity contribution in [2.75, 3.05) is 0 Å². The first-order valence-corrected chi connectivity index (χ1v) is 9.37. The van der Waals surface area contributed by atoms with Crippen molar-refractivity contribution in [2.24, 2.45) is 23.7 Å². The van der Waals surface area contributed by atoms with Crippen molar-refractivity contribution in [1.29, 1.82) is 0 Å². The molecule has 0 heterocycles. The van der Waals surface area contributed by atoms with Crippen LogP contribution in [-0.4, -0.2) is 6.11 Å². The van der Waals surface area contributed by atoms with Crippen molar-refractivity contribution in [3.05, 3.63) is 29.8 Å². The van der Waals surface area contributed by atoms with E-state index in [9.17, 15) is 17.6 Å². The summed E-state index contributed by atoms with van der Waals surface area (Å²) in [6.45, 7) is 2.28. The zero-order valence-corrected chi connectivity index (χ0v) is 14.6. The van der Waals surface area contributed by atoms with Gasteiger partial charge in [-0.15, -0.1) is 0 Å². The molecule has 0 radical (unpaired) electrons. The molecule has 0 spiro atoms. The number of alkyl halides is 2. The van der Waals surface area contributed by atoms with Crippen LogP contribution in [0.3, 0.4) is 0 Å². The topological polar surface area (TPSA) is 9.23 Å². The second kappa shape index (κ2) is 7.55. The molecule has 0 aliphatic heterocycles. The van der Waals surface area contributed by atoms with E-state index in [-0.39, 0.29) is 10.0 Å². The van der Waals surface area contributed by atoms with Crippen molar-refractivity contribution in [3.8, 4) is 5.75 Å². The Bertz CT molecular complexity index is 587. The average molecular weight is 364 g/mol. The monoisotopic (exact) mass is 364 g/mol. The predicted octanol–water partition coefficient (Wildman–Crippen LogP) is 7.31. The third-order valence-electron chi connectivity index (χ3n) is 6.12. The van der Waals surface area contributed by atoms with E-state index in [2.05, 4.69) is 6.92 Å². The van der Waals surface area contributed by atoms with Crippen LogP contribution in [0.5, 0.6) is 5.75 Å². The van der Waals surface area contributed by atoms with E-state index in [1.807, 2.05) is 0 Å². The Labute approximate surface area is 151 Å². The van der Waals surface area contributed by atoms with E-state index < -0.39 is 23.7 Å². The SMILES string of the molecule is CC1CCC(C2CCC(C(F)(F)Oc3ccc(F)c(F)c3)CC2)CC1.[HH].[HH].[HH]. The van der Waals surface area contributed by atoms with Crippen LogP contribution >= 0.6 is 0 Å². The number of benzene rings is 1. The summed E-state index contributed by atoms with van der Waals surface area (Å²) in [7, 11) is 0. The van der Waals surface area contributed by atoms with Gasteiger partial charge in [0.15, 0.2) is 11.6 Å². The highest BCUT2D eigenvalue weighted by atomic mass is 19.3. The zero-order chi connectivity index (χ0) is 18.0. The van der Waals surface area contributed by atoms with Crippen LogP contribution in [0, 0.1) is 35.3 Å². The van der Waals surface area contributed by atoms with Gasteiger partial charge < -0.3 is 4.74 Å². The molecule has 0 atom stereocenters. The molecule has 0 unspecified atom stereocenters. The molecule has 2 saturated carbocycles. The summed E-state index contributed by atoms with van der Waals surface area (Å²) in [5.74, 6) is -1.42. The molecular formula is C20H32F4O. The van der Waals surface area contributed by atoms with Gasteiger partial charge in [0.05, 0.1) is 5.92 Å². The molecule has 0 N–H and O–H groups in total. The molecule has 1 nitrogen and oxygen atoms in total. The van der Waals surface area contributed by atoms with Crippen LogP contribution in [0.4, 0.5) is 17.6 Å². The van der Waals surface area contributed by atoms with Crippen LogP contribution in [0.1, 0.15) is 62.6 Å². The van der Waals surface area contributed by atoms with E-state index in [4.69, 9.17) is 4.74 Å². The van der Waals surface area contributed by atoms with Gasteiger partial charge in [-0.3, -0.25) is 0 Å². The van der Waals surface area contributed by atoms with Gasteiger partial charge in [-0.1, -0.05) is 19.8 Å². The maximum atomic E-state index is 14.4. The summed E-state index contributed by atoms with van der Waals surface area (Å²) in [5.41, 5.74) is 0. The molecule has 2 fully saturated rings. The Kier molecular flexibility index (Phi) is 5.59. The predicted molar refractivity (Wildman–Crippen MR) is 94.8 cm³/mol. The van der Waals surface area contributed by atoms with Crippen LogP contribution in [0.15, 0.2) is 18.2 Å². The molecule has 0 saturated heterocycles. The van der Waals surface area contributed by atoms with Gasteiger partial charge in [-0.05, 0) is 68.4 Å². The summed E-state index contributed by atoms with van der Waals surface area (Å²) in [5, 5.41) is 0. The first kappa shape index (κ1) is 18.5. The molecule has 2 aliphatic rings. The van der Waals surface area contributed by atoms with Gasteiger partial charge >= 0.3 is 6.11 Å². The maximum Gasteiger partial charge on any atom is 0.400 e. The first-order valence-electron chi connectivity index (χ1n) is 9.37. The highest BCUT2D eigenvalue weighted by Gasteiger charge is 2.45. The van der Waals surface area contributed by atoms with Crippen LogP contribution < -0.4 is 4.74 Å². The van der Waals surface area contributed by atoms with E-state index in [0.29, 0.717) is 30.7 Å². The fourth-order valence-electron chi connectivity index (χ4n) is 4.46. The minimum Gasteiger partial charge on any atom is -0.432 e. The molecule has 1 aromatic rings. The third kappa shape index (κ3) is 4.48. The zero-order valence-electron chi connectivity index (χ0n) is 14.6. The second-order valence-corrected chi connectivity index (χ2v) is 7.87. The van der Waals surface area contributed by atoms with Gasteiger partial charge in [-0.25, -0.2) is 8.78 Å². The van der Waals surface area contributed by atoms with E-state index in [1.54, 1.807) is 0 Å². The number of hydrogen-bond acceptors (Lipinski definition) is 1. The molecular weight excluding hydrogens is 332 g/mol. The largest absolute Gasteiger partial charge is 0.432 e. The van der Waals surface area contributed by atoms with Crippen molar-refractivity contribution >= 4 is 0 Å². The van der Waals surface area contributed by atoms with E-state index in [1.165, 1.54) is 25.7 Å². The van der Waals surface area contributed by atoms with Crippen molar-refractivity contribution in [3.63, 3.8) is 0 Å². The lowest BCUT2D eigenvalue weighted by molar-refractivity contribution is -0.224. The van der Waals surface area contributed by atoms with Crippen LogP contribution in [-0.2, 0) is 0 Å². The summed E-state index contributed by atoms with van der Waals surface area (Å²) in [4.78, 5) is 0. The third-order valence-corrected chi connectivity index (χ3v) is 6.12. The fraction of sp³-hybridized carbons (Fsp3) is 0.700. The Morgan fingerprint density at radius 2 is 1.44 bits per heavy atom. The van der Waals surface area contributed by atoms with Crippen molar-refractivity contribution < 1.29 is 26.6 Å². The quantitative estimate of drug-likeness (QED) is 0.509. The number of rotatable bonds is 4. The van der Waals surface area contributed by atoms with Crippen LogP contribution in [0.25, 0.3) is 0 Å². The molecule has 5 heteroatoms. The Morgan fingerprint density at radius 1 is 0.880 bits per heavy atom. The molecule has 146 valence electrons. The molecule has 3 rings (SSSR count). The maximum absolute atomic E-state index is 14.4. The lowest BCUT2D eigenvalue weighted by atomic mass is 9.69. The number of halogens is 4. The summed E-state index contributed by atoms with van der Waals surface area (Å²) in [6.07, 6.45) is 4.05. The smallest absolute Gasteiger partial charge is 0.400 e. The Hall–Kier alpha value is -1.26. The molecule has 0 bridgehead atoms. The van der Waals surface area contributed by atoms with Gasteiger partial charge in [0.2, 0.25) is 0 Å². The van der Waals surface area contributed by atoms with Crippen LogP contribution in [0.2, 0.25) is 0 Å². The van der Waals surface area contributed by atoms with E-state index >= 15 is 0 Å². The highest BCUT2D eigenvalue weighted by molar-refractivity contribution is 5.24. The first-order chi connectivity index (χ1) is 11.8. The summed E-state index contributed by atoms with van der Waals surface area (Å²) < 4.78 is 59.6. The normalized spacial score (nSPS) is 30.9. The highest BCUT2D eigenvalue weighted by Crippen LogP contribution is 2.45. The van der Waals surface area contributed by atoms with Gasteiger partial charge in [-0.2, -0.15) is 8.78 Å². The molecule has 0 aromatic heterocycles. The minimum absolute atomic E-state index is 0. The molecule has 2 aliphatic carbocycles. The standard InChI is InChI=1S/C20H26F4O.3H2/c1-13-2-4-14(5-3-13)15-6-8-16(9-7-15)20(23,24)25-17-10-11-18(21)19(22)12-17;;;/h10-16H,2-9H2,1H3;3*1H. The van der Waals surface area contributed by atoms with Gasteiger partial charge in [0, 0.05) is 10.3 Å². The molecule has 1 aromatic carbocycles. The summed E-state index contributed by atoms with van der Waals surface area (Å²) >= 11 is 0. The Morgan fingerprint density at radius 3 is 2.00 bits per heavy atom. The number of hydrogen-bond donors (Lipinski definition) is 0. The fourth-order valence-corrected chi connectivity index (χ4v) is 4.46.